The van der Waals surface area contributed by atoms with Crippen LogP contribution in [0.15, 0.2) is 48.5 Å². The molecule has 1 N–H and O–H groups in total. The summed E-state index contributed by atoms with van der Waals surface area (Å²) in [5.41, 5.74) is 1.95. The first-order valence-electron chi connectivity index (χ1n) is 9.78. The summed E-state index contributed by atoms with van der Waals surface area (Å²) < 4.78 is 15.5. The molecule has 0 atom stereocenters. The molecule has 8 nitrogen and oxygen atoms in total. The van der Waals surface area contributed by atoms with Crippen LogP contribution in [0.4, 0.5) is 11.4 Å². The van der Waals surface area contributed by atoms with Gasteiger partial charge in [-0.25, -0.2) is 4.79 Å². The van der Waals surface area contributed by atoms with Crippen LogP contribution in [-0.4, -0.2) is 45.2 Å². The Morgan fingerprint density at radius 2 is 1.94 bits per heavy atom. The summed E-state index contributed by atoms with van der Waals surface area (Å²) in [5.74, 6) is 0.0189. The van der Waals surface area contributed by atoms with Gasteiger partial charge in [-0.15, -0.1) is 0 Å². The molecule has 0 saturated carbocycles. The van der Waals surface area contributed by atoms with E-state index in [1.165, 1.54) is 20.3 Å². The van der Waals surface area contributed by atoms with E-state index in [9.17, 15) is 14.4 Å². The van der Waals surface area contributed by atoms with E-state index in [-0.39, 0.29) is 18.4 Å². The minimum absolute atomic E-state index is 0.0454. The van der Waals surface area contributed by atoms with Gasteiger partial charge in [-0.05, 0) is 42.3 Å². The molecule has 8 heteroatoms. The Morgan fingerprint density at radius 1 is 1.13 bits per heavy atom. The number of nitrogens with zero attached hydrogens (tertiary/aromatic N) is 1. The number of esters is 1. The summed E-state index contributed by atoms with van der Waals surface area (Å²) >= 11 is 0. The molecule has 2 aromatic rings. The maximum atomic E-state index is 12.5. The van der Waals surface area contributed by atoms with Gasteiger partial charge in [0.1, 0.15) is 0 Å². The molecule has 162 valence electrons. The van der Waals surface area contributed by atoms with Crippen molar-refractivity contribution in [3.63, 3.8) is 0 Å². The smallest absolute Gasteiger partial charge is 0.330 e. The molecular formula is C23H24N2O6. The number of para-hydroxylation sites is 2. The van der Waals surface area contributed by atoms with E-state index in [1.807, 2.05) is 12.1 Å². The molecule has 0 aromatic heterocycles. The van der Waals surface area contributed by atoms with Gasteiger partial charge in [0, 0.05) is 19.0 Å². The molecule has 0 aliphatic carbocycles. The number of benzene rings is 2. The lowest BCUT2D eigenvalue weighted by Crippen LogP contribution is -2.27. The zero-order chi connectivity index (χ0) is 22.2. The molecule has 1 aliphatic rings. The molecule has 1 saturated heterocycles. The fourth-order valence-corrected chi connectivity index (χ4v) is 3.19. The van der Waals surface area contributed by atoms with Crippen LogP contribution < -0.4 is 19.7 Å². The minimum Gasteiger partial charge on any atom is -0.493 e. The van der Waals surface area contributed by atoms with Crippen molar-refractivity contribution < 1.29 is 28.6 Å². The molecule has 2 amide bonds. The Balaban J connectivity index is 1.64. The number of anilines is 2. The van der Waals surface area contributed by atoms with Gasteiger partial charge in [0.15, 0.2) is 18.1 Å². The van der Waals surface area contributed by atoms with Crippen molar-refractivity contribution in [1.82, 2.24) is 0 Å². The summed E-state index contributed by atoms with van der Waals surface area (Å²) in [6.07, 6.45) is 4.19. The SMILES string of the molecule is COC(=O)/C=C/c1ccc(OCC(=O)Nc2ccccc2N2CCCC2=O)c(OC)c1. The van der Waals surface area contributed by atoms with Gasteiger partial charge in [-0.1, -0.05) is 18.2 Å². The number of rotatable bonds is 8. The lowest BCUT2D eigenvalue weighted by atomic mass is 10.2. The molecule has 1 fully saturated rings. The minimum atomic E-state index is -0.466. The highest BCUT2D eigenvalue weighted by molar-refractivity contribution is 6.02. The van der Waals surface area contributed by atoms with E-state index >= 15 is 0 Å². The van der Waals surface area contributed by atoms with Gasteiger partial charge in [-0.2, -0.15) is 0 Å². The van der Waals surface area contributed by atoms with Crippen LogP contribution >= 0.6 is 0 Å². The van der Waals surface area contributed by atoms with Gasteiger partial charge in [0.25, 0.3) is 5.91 Å². The van der Waals surface area contributed by atoms with E-state index < -0.39 is 5.97 Å². The fraction of sp³-hybridized carbons (Fsp3) is 0.261. The quantitative estimate of drug-likeness (QED) is 0.517. The standard InChI is InChI=1S/C23H24N2O6/c1-29-20-14-16(10-12-23(28)30-2)9-11-19(20)31-15-21(26)24-17-6-3-4-7-18(17)25-13-5-8-22(25)27/h3-4,6-7,9-12,14H,5,8,13,15H2,1-2H3,(H,24,26)/b12-10+. The van der Waals surface area contributed by atoms with E-state index in [0.29, 0.717) is 41.4 Å². The van der Waals surface area contributed by atoms with E-state index in [0.717, 1.165) is 6.42 Å². The van der Waals surface area contributed by atoms with Crippen LogP contribution in [0.2, 0.25) is 0 Å². The zero-order valence-corrected chi connectivity index (χ0v) is 17.4. The largest absolute Gasteiger partial charge is 0.493 e. The second kappa shape index (κ2) is 10.3. The third-order valence-corrected chi connectivity index (χ3v) is 4.70. The summed E-state index contributed by atoms with van der Waals surface area (Å²) in [5, 5.41) is 2.81. The molecule has 2 aromatic carbocycles. The van der Waals surface area contributed by atoms with Gasteiger partial charge in [-0.3, -0.25) is 9.59 Å². The van der Waals surface area contributed by atoms with E-state index in [4.69, 9.17) is 9.47 Å². The molecule has 0 radical (unpaired) electrons. The second-order valence-electron chi connectivity index (χ2n) is 6.77. The van der Waals surface area contributed by atoms with Crippen molar-refractivity contribution in [3.05, 3.63) is 54.1 Å². The zero-order valence-electron chi connectivity index (χ0n) is 17.4. The first kappa shape index (κ1) is 21.9. The first-order chi connectivity index (χ1) is 15.0. The van der Waals surface area contributed by atoms with Crippen LogP contribution in [0.25, 0.3) is 6.08 Å². The molecular weight excluding hydrogens is 400 g/mol. The van der Waals surface area contributed by atoms with Crippen LogP contribution in [-0.2, 0) is 19.1 Å². The van der Waals surface area contributed by atoms with Crippen molar-refractivity contribution in [2.75, 3.05) is 37.6 Å². The van der Waals surface area contributed by atoms with Gasteiger partial charge in [0.05, 0.1) is 25.6 Å². The molecule has 3 rings (SSSR count). The Hall–Kier alpha value is -3.81. The maximum absolute atomic E-state index is 12.5. The molecule has 0 spiro atoms. The van der Waals surface area contributed by atoms with Gasteiger partial charge < -0.3 is 24.4 Å². The van der Waals surface area contributed by atoms with Crippen LogP contribution in [0.1, 0.15) is 18.4 Å². The summed E-state index contributed by atoms with van der Waals surface area (Å²) in [4.78, 5) is 37.4. The van der Waals surface area contributed by atoms with Crippen molar-refractivity contribution in [1.29, 1.82) is 0 Å². The number of amides is 2. The third kappa shape index (κ3) is 5.63. The molecule has 0 unspecified atom stereocenters. The van der Waals surface area contributed by atoms with E-state index in [1.54, 1.807) is 41.3 Å². The average molecular weight is 424 g/mol. The number of hydrogen-bond acceptors (Lipinski definition) is 6. The fourth-order valence-electron chi connectivity index (χ4n) is 3.19. The first-order valence-corrected chi connectivity index (χ1v) is 9.78. The highest BCUT2D eigenvalue weighted by Gasteiger charge is 2.24. The van der Waals surface area contributed by atoms with Crippen molar-refractivity contribution in [2.45, 2.75) is 12.8 Å². The Labute approximate surface area is 180 Å². The number of carbonyl (C=O) groups excluding carboxylic acids is 3. The lowest BCUT2D eigenvalue weighted by molar-refractivity contribution is -0.134. The summed E-state index contributed by atoms with van der Waals surface area (Å²) in [6.45, 7) is 0.395. The maximum Gasteiger partial charge on any atom is 0.330 e. The van der Waals surface area contributed by atoms with Crippen LogP contribution in [0.3, 0.4) is 0 Å². The Morgan fingerprint density at radius 3 is 2.65 bits per heavy atom. The molecule has 0 bridgehead atoms. The van der Waals surface area contributed by atoms with Crippen molar-refractivity contribution in [2.24, 2.45) is 0 Å². The predicted octanol–water partition coefficient (Wildman–Crippen LogP) is 3.03. The van der Waals surface area contributed by atoms with Crippen LogP contribution in [0, 0.1) is 0 Å². The average Bonchev–Trinajstić information content (AvgIpc) is 3.22. The number of ether oxygens (including phenoxy) is 3. The molecule has 31 heavy (non-hydrogen) atoms. The number of carbonyl (C=O) groups is 3. The monoisotopic (exact) mass is 424 g/mol. The van der Waals surface area contributed by atoms with Gasteiger partial charge in [0.2, 0.25) is 5.91 Å². The van der Waals surface area contributed by atoms with Crippen molar-refractivity contribution in [3.8, 4) is 11.5 Å². The Kier molecular flexibility index (Phi) is 7.26. The highest BCUT2D eigenvalue weighted by atomic mass is 16.5. The number of hydrogen-bond donors (Lipinski definition) is 1. The third-order valence-electron chi connectivity index (χ3n) is 4.70. The number of nitrogens with one attached hydrogen (secondary N) is 1. The summed E-state index contributed by atoms with van der Waals surface area (Å²) in [7, 11) is 2.79. The van der Waals surface area contributed by atoms with Gasteiger partial charge >= 0.3 is 5.97 Å². The highest BCUT2D eigenvalue weighted by Crippen LogP contribution is 2.30. The summed E-state index contributed by atoms with van der Waals surface area (Å²) in [6, 6.07) is 12.2. The second-order valence-corrected chi connectivity index (χ2v) is 6.77. The topological polar surface area (TPSA) is 94.2 Å². The van der Waals surface area contributed by atoms with Crippen LogP contribution in [0.5, 0.6) is 11.5 Å². The Bertz CT molecular complexity index is 1000. The molecule has 1 aliphatic heterocycles. The normalized spacial score (nSPS) is 13.4. The van der Waals surface area contributed by atoms with E-state index in [2.05, 4.69) is 10.1 Å². The number of methoxy groups -OCH3 is 2. The lowest BCUT2D eigenvalue weighted by Gasteiger charge is -2.20. The predicted molar refractivity (Wildman–Crippen MR) is 116 cm³/mol. The van der Waals surface area contributed by atoms with Crippen molar-refractivity contribution >= 4 is 35.2 Å². The molecule has 1 heterocycles.